The molecule has 5 aromatic rings. The molecule has 0 aliphatic heterocycles. The molecule has 178 valence electrons. The third-order valence-electron chi connectivity index (χ3n) is 5.58. The Labute approximate surface area is 207 Å². The van der Waals surface area contributed by atoms with Crippen molar-refractivity contribution in [2.24, 2.45) is 4.99 Å². The van der Waals surface area contributed by atoms with E-state index in [0.717, 1.165) is 11.3 Å². The fraction of sp³-hybridized carbons (Fsp3) is 0.0714. The number of hydrogen-bond donors (Lipinski definition) is 3. The molecule has 0 atom stereocenters. The number of benzene rings is 4. The van der Waals surface area contributed by atoms with Crippen molar-refractivity contribution >= 4 is 34.5 Å². The van der Waals surface area contributed by atoms with E-state index >= 15 is 0 Å². The number of fused-ring (bicyclic) bond motifs is 1. The fourth-order valence-electron chi connectivity index (χ4n) is 3.77. The molecule has 0 fully saturated rings. The summed E-state index contributed by atoms with van der Waals surface area (Å²) in [6, 6.07) is 27.1. The maximum Gasteiger partial charge on any atom is 0.255 e. The average Bonchev–Trinajstić information content (AvgIpc) is 3.33. The molecule has 0 aliphatic carbocycles. The van der Waals surface area contributed by atoms with Gasteiger partial charge in [-0.15, -0.1) is 15.0 Å². The van der Waals surface area contributed by atoms with Crippen LogP contribution in [0.25, 0.3) is 16.7 Å². The van der Waals surface area contributed by atoms with Crippen LogP contribution in [-0.4, -0.2) is 43.9 Å². The van der Waals surface area contributed by atoms with Gasteiger partial charge in [0.1, 0.15) is 16.7 Å². The molecule has 1 amide bonds. The molecule has 36 heavy (non-hydrogen) atoms. The van der Waals surface area contributed by atoms with E-state index in [2.05, 4.69) is 20.5 Å². The normalized spacial score (nSPS) is 11.2. The minimum Gasteiger partial charge on any atom is -0.505 e. The molecule has 5 rings (SSSR count). The lowest BCUT2D eigenvalue weighted by molar-refractivity contribution is 0.102. The molecule has 0 saturated heterocycles. The highest BCUT2D eigenvalue weighted by Crippen LogP contribution is 2.28. The predicted octanol–water partition coefficient (Wildman–Crippen LogP) is 4.66. The largest absolute Gasteiger partial charge is 0.505 e. The van der Waals surface area contributed by atoms with E-state index in [4.69, 9.17) is 0 Å². The predicted molar refractivity (Wildman–Crippen MR) is 139 cm³/mol. The number of aromatic nitrogens is 3. The summed E-state index contributed by atoms with van der Waals surface area (Å²) in [5.41, 5.74) is 4.57. The Morgan fingerprint density at radius 2 is 1.64 bits per heavy atom. The number of nitrogens with zero attached hydrogens (tertiary/aromatic N) is 4. The van der Waals surface area contributed by atoms with Gasteiger partial charge in [0.2, 0.25) is 0 Å². The van der Waals surface area contributed by atoms with E-state index in [1.54, 1.807) is 36.5 Å². The third kappa shape index (κ3) is 4.98. The van der Waals surface area contributed by atoms with Crippen molar-refractivity contribution < 1.29 is 15.0 Å². The summed E-state index contributed by atoms with van der Waals surface area (Å²) >= 11 is 0. The third-order valence-corrected chi connectivity index (χ3v) is 5.58. The van der Waals surface area contributed by atoms with Crippen molar-refractivity contribution in [2.75, 3.05) is 11.9 Å². The number of phenols is 1. The summed E-state index contributed by atoms with van der Waals surface area (Å²) < 4.78 is 0. The van der Waals surface area contributed by atoms with Crippen LogP contribution in [0, 0.1) is 0 Å². The number of rotatable bonds is 7. The molecular weight excluding hydrogens is 454 g/mol. The van der Waals surface area contributed by atoms with Gasteiger partial charge in [-0.25, -0.2) is 0 Å². The van der Waals surface area contributed by atoms with Crippen molar-refractivity contribution in [3.05, 3.63) is 108 Å². The first-order valence-electron chi connectivity index (χ1n) is 11.4. The number of para-hydroxylation sites is 2. The fourth-order valence-corrected chi connectivity index (χ4v) is 3.77. The number of aliphatic hydroxyl groups excluding tert-OH is 1. The monoisotopic (exact) mass is 477 g/mol. The first kappa shape index (κ1) is 22.9. The Hall–Kier alpha value is -4.82. The Kier molecular flexibility index (Phi) is 6.51. The zero-order valence-electron chi connectivity index (χ0n) is 19.2. The van der Waals surface area contributed by atoms with E-state index in [-0.39, 0.29) is 18.3 Å². The van der Waals surface area contributed by atoms with Crippen LogP contribution in [0.2, 0.25) is 0 Å². The Balaban J connectivity index is 1.49. The van der Waals surface area contributed by atoms with Crippen LogP contribution in [-0.2, 0) is 6.42 Å². The van der Waals surface area contributed by atoms with Crippen molar-refractivity contribution in [2.45, 2.75) is 6.42 Å². The number of carbonyl (C=O) groups excluding carboxylic acids is 1. The number of hydrogen-bond acceptors (Lipinski definition) is 6. The smallest absolute Gasteiger partial charge is 0.255 e. The Morgan fingerprint density at radius 1 is 0.917 bits per heavy atom. The molecule has 0 bridgehead atoms. The van der Waals surface area contributed by atoms with Crippen molar-refractivity contribution in [3.8, 4) is 11.4 Å². The average molecular weight is 478 g/mol. The number of carbonyl (C=O) groups is 1. The molecule has 3 N–H and O–H groups in total. The Bertz CT molecular complexity index is 1550. The molecule has 1 heterocycles. The van der Waals surface area contributed by atoms with Crippen LogP contribution >= 0.6 is 0 Å². The molecule has 0 radical (unpaired) electrons. The number of aliphatic imine (C=N–C) groups is 1. The topological polar surface area (TPSA) is 113 Å². The second-order valence-electron chi connectivity index (χ2n) is 8.13. The first-order chi connectivity index (χ1) is 17.6. The van der Waals surface area contributed by atoms with Gasteiger partial charge >= 0.3 is 0 Å². The van der Waals surface area contributed by atoms with Gasteiger partial charge in [-0.3, -0.25) is 9.79 Å². The van der Waals surface area contributed by atoms with Gasteiger partial charge in [-0.05, 0) is 66.6 Å². The number of aliphatic hydroxyl groups is 1. The summed E-state index contributed by atoms with van der Waals surface area (Å²) in [6.45, 7) is -0.0477. The van der Waals surface area contributed by atoms with E-state index in [9.17, 15) is 15.0 Å². The van der Waals surface area contributed by atoms with Crippen LogP contribution < -0.4 is 5.32 Å². The summed E-state index contributed by atoms with van der Waals surface area (Å²) in [6.07, 6.45) is 1.97. The van der Waals surface area contributed by atoms with Gasteiger partial charge in [0.25, 0.3) is 5.91 Å². The lowest BCUT2D eigenvalue weighted by Gasteiger charge is -2.09. The summed E-state index contributed by atoms with van der Waals surface area (Å²) in [4.78, 5) is 18.5. The van der Waals surface area contributed by atoms with E-state index in [1.165, 1.54) is 4.80 Å². The zero-order chi connectivity index (χ0) is 24.9. The van der Waals surface area contributed by atoms with Crippen LogP contribution in [0.1, 0.15) is 21.5 Å². The van der Waals surface area contributed by atoms with E-state index in [1.807, 2.05) is 60.7 Å². The van der Waals surface area contributed by atoms with Crippen LogP contribution in [0.3, 0.4) is 0 Å². The van der Waals surface area contributed by atoms with Gasteiger partial charge in [0, 0.05) is 29.6 Å². The van der Waals surface area contributed by atoms with Gasteiger partial charge in [-0.2, -0.15) is 0 Å². The van der Waals surface area contributed by atoms with Crippen molar-refractivity contribution in [1.29, 1.82) is 0 Å². The molecule has 8 heteroatoms. The van der Waals surface area contributed by atoms with Crippen LogP contribution in [0.4, 0.5) is 11.4 Å². The zero-order valence-corrected chi connectivity index (χ0v) is 19.2. The molecular formula is C28H23N5O3. The Morgan fingerprint density at radius 3 is 2.39 bits per heavy atom. The molecule has 1 aromatic heterocycles. The SMILES string of the molecule is O=C(Nc1ccccc1)c1ccc2nn(-c3cc(CCO)cc(C=Nc4ccccc4)c3O)nc2c1. The minimum absolute atomic E-state index is 0.0429. The number of phenolic OH excluding ortho intramolecular Hbond substituents is 1. The molecule has 0 aliphatic rings. The quantitative estimate of drug-likeness (QED) is 0.295. The number of nitrogens with one attached hydrogen (secondary N) is 1. The number of anilines is 1. The van der Waals surface area contributed by atoms with Gasteiger partial charge < -0.3 is 15.5 Å². The van der Waals surface area contributed by atoms with Gasteiger partial charge in [0.15, 0.2) is 5.75 Å². The van der Waals surface area contributed by atoms with Crippen molar-refractivity contribution in [3.63, 3.8) is 0 Å². The van der Waals surface area contributed by atoms with Crippen molar-refractivity contribution in [1.82, 2.24) is 15.0 Å². The highest BCUT2D eigenvalue weighted by atomic mass is 16.3. The lowest BCUT2D eigenvalue weighted by Crippen LogP contribution is -2.11. The summed E-state index contributed by atoms with van der Waals surface area (Å²) in [5.74, 6) is -0.302. The standard InChI is InChI=1S/C28H23N5O3/c34-14-13-19-15-21(18-29-22-7-3-1-4-8-22)27(35)26(16-19)33-31-24-12-11-20(17-25(24)32-33)28(36)30-23-9-5-2-6-10-23/h1-12,15-18,34-35H,13-14H2,(H,30,36). The van der Waals surface area contributed by atoms with E-state index < -0.39 is 0 Å². The molecule has 0 unspecified atom stereocenters. The number of aromatic hydroxyl groups is 1. The van der Waals surface area contributed by atoms with Gasteiger partial charge in [0.05, 0.1) is 5.69 Å². The van der Waals surface area contributed by atoms with E-state index in [0.29, 0.717) is 40.0 Å². The van der Waals surface area contributed by atoms with Gasteiger partial charge in [-0.1, -0.05) is 36.4 Å². The maximum absolute atomic E-state index is 12.7. The molecule has 0 spiro atoms. The maximum atomic E-state index is 12.7. The van der Waals surface area contributed by atoms with Crippen LogP contribution in [0.5, 0.6) is 5.75 Å². The second-order valence-corrected chi connectivity index (χ2v) is 8.13. The highest BCUT2D eigenvalue weighted by Gasteiger charge is 2.15. The molecule has 4 aromatic carbocycles. The minimum atomic E-state index is -0.259. The molecule has 0 saturated carbocycles. The molecule has 8 nitrogen and oxygen atoms in total. The first-order valence-corrected chi connectivity index (χ1v) is 11.4. The lowest BCUT2D eigenvalue weighted by atomic mass is 10.1. The number of amides is 1. The van der Waals surface area contributed by atoms with Crippen LogP contribution in [0.15, 0.2) is 96.0 Å². The second kappa shape index (κ2) is 10.2. The highest BCUT2D eigenvalue weighted by molar-refractivity contribution is 6.05. The summed E-state index contributed by atoms with van der Waals surface area (Å²) in [7, 11) is 0. The summed E-state index contributed by atoms with van der Waals surface area (Å²) in [5, 5.41) is 32.4.